The molecule has 0 N–H and O–H groups in total. The lowest BCUT2D eigenvalue weighted by atomic mass is 9.83. The van der Waals surface area contributed by atoms with Crippen LogP contribution < -0.4 is 4.74 Å². The van der Waals surface area contributed by atoms with Crippen molar-refractivity contribution in [3.63, 3.8) is 0 Å². The zero-order valence-electron chi connectivity index (χ0n) is 15.4. The first-order valence-electron chi connectivity index (χ1n) is 9.00. The molecular weight excluding hydrogens is 340 g/mol. The number of benzene rings is 1. The number of hydrogen-bond donors (Lipinski definition) is 0. The number of carbonyl (C=O) groups excluding carboxylic acids is 1. The molecule has 1 aromatic carbocycles. The molecule has 0 saturated carbocycles. The van der Waals surface area contributed by atoms with Crippen LogP contribution >= 0.6 is 0 Å². The van der Waals surface area contributed by atoms with E-state index in [0.29, 0.717) is 6.42 Å². The Bertz CT molecular complexity index is 697. The van der Waals surface area contributed by atoms with Gasteiger partial charge in [0.2, 0.25) is 0 Å². The Morgan fingerprint density at radius 1 is 1.27 bits per heavy atom. The van der Waals surface area contributed by atoms with Crippen LogP contribution in [-0.2, 0) is 4.74 Å². The zero-order chi connectivity index (χ0) is 18.9. The number of piperidine rings is 1. The van der Waals surface area contributed by atoms with E-state index in [1.54, 1.807) is 12.1 Å². The van der Waals surface area contributed by atoms with Crippen molar-refractivity contribution in [3.05, 3.63) is 35.9 Å². The normalized spacial score (nSPS) is 22.8. The van der Waals surface area contributed by atoms with Gasteiger partial charge in [-0.05, 0) is 69.7 Å². The van der Waals surface area contributed by atoms with Crippen LogP contribution in [-0.4, -0.2) is 35.3 Å². The maximum absolute atomic E-state index is 12.6. The van der Waals surface area contributed by atoms with Gasteiger partial charge in [-0.1, -0.05) is 18.2 Å². The van der Waals surface area contributed by atoms with E-state index in [1.807, 2.05) is 31.7 Å². The molecule has 1 amide bonds. The van der Waals surface area contributed by atoms with Gasteiger partial charge in [0.05, 0.1) is 6.04 Å². The molecule has 0 aliphatic carbocycles. The average molecular weight is 365 g/mol. The highest BCUT2D eigenvalue weighted by atomic mass is 19.3. The molecule has 2 heterocycles. The molecule has 2 aliphatic rings. The SMILES string of the molecule is CC(C)(C)OC(=O)N1C2C=C(c3cccc(OC(F)F)c3)CC1CCC2. The van der Waals surface area contributed by atoms with E-state index in [2.05, 4.69) is 10.8 Å². The van der Waals surface area contributed by atoms with Gasteiger partial charge in [-0.2, -0.15) is 8.78 Å². The van der Waals surface area contributed by atoms with Crippen LogP contribution in [0.3, 0.4) is 0 Å². The number of rotatable bonds is 3. The fourth-order valence-electron chi connectivity index (χ4n) is 3.71. The van der Waals surface area contributed by atoms with Gasteiger partial charge in [0.25, 0.3) is 0 Å². The number of nitrogens with zero attached hydrogens (tertiary/aromatic N) is 1. The average Bonchev–Trinajstić information content (AvgIpc) is 2.51. The summed E-state index contributed by atoms with van der Waals surface area (Å²) in [5.74, 6) is 0.151. The third-order valence-electron chi connectivity index (χ3n) is 4.67. The van der Waals surface area contributed by atoms with Gasteiger partial charge in [0, 0.05) is 6.04 Å². The van der Waals surface area contributed by atoms with Crippen molar-refractivity contribution in [1.82, 2.24) is 4.90 Å². The van der Waals surface area contributed by atoms with E-state index < -0.39 is 12.2 Å². The van der Waals surface area contributed by atoms with E-state index in [4.69, 9.17) is 4.74 Å². The van der Waals surface area contributed by atoms with Crippen molar-refractivity contribution in [1.29, 1.82) is 0 Å². The Morgan fingerprint density at radius 2 is 2.04 bits per heavy atom. The van der Waals surface area contributed by atoms with Crippen LogP contribution in [0.5, 0.6) is 5.75 Å². The zero-order valence-corrected chi connectivity index (χ0v) is 15.4. The molecule has 0 spiro atoms. The molecule has 1 aromatic rings. The van der Waals surface area contributed by atoms with Gasteiger partial charge in [-0.15, -0.1) is 0 Å². The molecule has 0 radical (unpaired) electrons. The summed E-state index contributed by atoms with van der Waals surface area (Å²) >= 11 is 0. The minimum atomic E-state index is -2.84. The van der Waals surface area contributed by atoms with Crippen LogP contribution in [0, 0.1) is 0 Å². The summed E-state index contributed by atoms with van der Waals surface area (Å²) in [4.78, 5) is 14.5. The molecule has 2 bridgehead atoms. The summed E-state index contributed by atoms with van der Waals surface area (Å²) in [7, 11) is 0. The van der Waals surface area contributed by atoms with Crippen molar-refractivity contribution >= 4 is 11.7 Å². The van der Waals surface area contributed by atoms with E-state index in [1.165, 1.54) is 6.07 Å². The van der Waals surface area contributed by atoms with Crippen molar-refractivity contribution < 1.29 is 23.0 Å². The van der Waals surface area contributed by atoms with Crippen LogP contribution in [0.2, 0.25) is 0 Å². The monoisotopic (exact) mass is 365 g/mol. The molecule has 4 nitrogen and oxygen atoms in total. The first kappa shape index (κ1) is 18.7. The summed E-state index contributed by atoms with van der Waals surface area (Å²) in [5, 5.41) is 0. The van der Waals surface area contributed by atoms with Crippen LogP contribution in [0.1, 0.15) is 52.0 Å². The van der Waals surface area contributed by atoms with E-state index >= 15 is 0 Å². The van der Waals surface area contributed by atoms with Gasteiger partial charge in [0.1, 0.15) is 11.4 Å². The molecule has 0 aromatic heterocycles. The maximum Gasteiger partial charge on any atom is 0.411 e. The standard InChI is InChI=1S/C20H25F2NO3/c1-20(2,3)26-19(24)23-15-7-5-8-16(23)11-14(10-15)13-6-4-9-17(12-13)25-18(21)22/h4,6,9-10,12,15-16,18H,5,7-8,11H2,1-3H3. The second-order valence-corrected chi connectivity index (χ2v) is 7.84. The fourth-order valence-corrected chi connectivity index (χ4v) is 3.71. The quantitative estimate of drug-likeness (QED) is 0.736. The number of ether oxygens (including phenoxy) is 2. The van der Waals surface area contributed by atoms with Gasteiger partial charge in [0.15, 0.2) is 0 Å². The Labute approximate surface area is 152 Å². The topological polar surface area (TPSA) is 38.8 Å². The van der Waals surface area contributed by atoms with Gasteiger partial charge < -0.3 is 9.47 Å². The van der Waals surface area contributed by atoms with Crippen LogP contribution in [0.15, 0.2) is 30.3 Å². The predicted octanol–water partition coefficient (Wildman–Crippen LogP) is 5.23. The Balaban J connectivity index is 1.83. The van der Waals surface area contributed by atoms with Crippen molar-refractivity contribution in [2.75, 3.05) is 0 Å². The molecule has 1 fully saturated rings. The second-order valence-electron chi connectivity index (χ2n) is 7.84. The van der Waals surface area contributed by atoms with E-state index in [0.717, 1.165) is 30.4 Å². The molecule has 3 rings (SSSR count). The molecule has 1 saturated heterocycles. The van der Waals surface area contributed by atoms with Crippen LogP contribution in [0.25, 0.3) is 5.57 Å². The smallest absolute Gasteiger partial charge is 0.411 e. The number of alkyl halides is 2. The number of carbonyl (C=O) groups is 1. The largest absolute Gasteiger partial charge is 0.444 e. The van der Waals surface area contributed by atoms with Crippen molar-refractivity contribution in [2.45, 2.75) is 70.8 Å². The lowest BCUT2D eigenvalue weighted by Crippen LogP contribution is -2.53. The van der Waals surface area contributed by atoms with Gasteiger partial charge in [-0.3, -0.25) is 4.90 Å². The maximum atomic E-state index is 12.6. The predicted molar refractivity (Wildman–Crippen MR) is 95.2 cm³/mol. The van der Waals surface area contributed by atoms with E-state index in [9.17, 15) is 13.6 Å². The highest BCUT2D eigenvalue weighted by Gasteiger charge is 2.39. The Hall–Kier alpha value is -2.11. The summed E-state index contributed by atoms with van der Waals surface area (Å²) in [5.41, 5.74) is 1.40. The minimum Gasteiger partial charge on any atom is -0.444 e. The lowest BCUT2D eigenvalue weighted by molar-refractivity contribution is -0.0498. The number of hydrogen-bond acceptors (Lipinski definition) is 3. The van der Waals surface area contributed by atoms with Gasteiger partial charge in [-0.25, -0.2) is 4.79 Å². The Kier molecular flexibility index (Phi) is 5.21. The molecule has 6 heteroatoms. The summed E-state index contributed by atoms with van der Waals surface area (Å²) in [6.45, 7) is 2.74. The third kappa shape index (κ3) is 4.34. The van der Waals surface area contributed by atoms with Crippen LogP contribution in [0.4, 0.5) is 13.6 Å². The molecule has 2 unspecified atom stereocenters. The first-order valence-corrected chi connectivity index (χ1v) is 9.00. The fraction of sp³-hybridized carbons (Fsp3) is 0.550. The van der Waals surface area contributed by atoms with Crippen molar-refractivity contribution in [3.8, 4) is 5.75 Å². The number of halogens is 2. The first-order chi connectivity index (χ1) is 12.2. The summed E-state index contributed by atoms with van der Waals surface area (Å²) < 4.78 is 35.0. The van der Waals surface area contributed by atoms with Crippen molar-refractivity contribution in [2.24, 2.45) is 0 Å². The van der Waals surface area contributed by atoms with E-state index in [-0.39, 0.29) is 23.9 Å². The number of fused-ring (bicyclic) bond motifs is 2. The molecular formula is C20H25F2NO3. The highest BCUT2D eigenvalue weighted by molar-refractivity contribution is 5.75. The number of amides is 1. The highest BCUT2D eigenvalue weighted by Crippen LogP contribution is 2.38. The lowest BCUT2D eigenvalue weighted by Gasteiger charge is -2.45. The molecule has 2 aliphatic heterocycles. The third-order valence-corrected chi connectivity index (χ3v) is 4.67. The molecule has 26 heavy (non-hydrogen) atoms. The molecule has 2 atom stereocenters. The summed E-state index contributed by atoms with van der Waals surface area (Å²) in [6, 6.07) is 6.81. The van der Waals surface area contributed by atoms with Gasteiger partial charge >= 0.3 is 12.7 Å². The summed E-state index contributed by atoms with van der Waals surface area (Å²) in [6.07, 6.45) is 5.34. The minimum absolute atomic E-state index is 0.0213. The Morgan fingerprint density at radius 3 is 2.69 bits per heavy atom. The molecule has 142 valence electrons. The second kappa shape index (κ2) is 7.25.